The van der Waals surface area contributed by atoms with Gasteiger partial charge in [-0.25, -0.2) is 0 Å². The van der Waals surface area contributed by atoms with Gasteiger partial charge in [0, 0.05) is 12.1 Å². The Bertz CT molecular complexity index is 404. The topological polar surface area (TPSA) is 38.3 Å². The molecule has 3 atom stereocenters. The van der Waals surface area contributed by atoms with E-state index in [1.165, 1.54) is 5.56 Å². The van der Waals surface area contributed by atoms with Crippen molar-refractivity contribution < 1.29 is 9.53 Å². The van der Waals surface area contributed by atoms with Gasteiger partial charge in [-0.05, 0) is 32.3 Å². The van der Waals surface area contributed by atoms with Gasteiger partial charge in [-0.15, -0.1) is 0 Å². The first-order chi connectivity index (χ1) is 9.22. The van der Waals surface area contributed by atoms with Crippen LogP contribution in [0.4, 0.5) is 0 Å². The van der Waals surface area contributed by atoms with Crippen molar-refractivity contribution in [2.24, 2.45) is 5.92 Å². The lowest BCUT2D eigenvalue weighted by Gasteiger charge is -2.24. The maximum absolute atomic E-state index is 11.9. The molecule has 0 aromatic heterocycles. The minimum Gasteiger partial charge on any atom is -0.466 e. The fourth-order valence-electron chi connectivity index (χ4n) is 2.85. The average Bonchev–Trinajstić information content (AvgIpc) is 2.88. The largest absolute Gasteiger partial charge is 0.466 e. The predicted octanol–water partition coefficient (Wildman–Crippen LogP) is 3.07. The summed E-state index contributed by atoms with van der Waals surface area (Å²) in [4.78, 5) is 11.9. The van der Waals surface area contributed by atoms with Crippen LogP contribution < -0.4 is 5.32 Å². The Morgan fingerprint density at radius 3 is 2.79 bits per heavy atom. The fourth-order valence-corrected chi connectivity index (χ4v) is 2.85. The number of carbonyl (C=O) groups excluding carboxylic acids is 1. The molecule has 1 aromatic carbocycles. The lowest BCUT2D eigenvalue weighted by molar-refractivity contribution is -0.148. The number of rotatable bonds is 5. The Hall–Kier alpha value is -1.35. The number of carbonyl (C=O) groups is 1. The molecule has 0 saturated heterocycles. The predicted molar refractivity (Wildman–Crippen MR) is 75.8 cm³/mol. The van der Waals surface area contributed by atoms with Gasteiger partial charge in [-0.1, -0.05) is 36.8 Å². The van der Waals surface area contributed by atoms with E-state index in [1.807, 2.05) is 25.1 Å². The van der Waals surface area contributed by atoms with Crippen LogP contribution in [0.15, 0.2) is 30.3 Å². The van der Waals surface area contributed by atoms with Crippen LogP contribution in [0.2, 0.25) is 0 Å². The lowest BCUT2D eigenvalue weighted by Crippen LogP contribution is -2.38. The molecule has 104 valence electrons. The van der Waals surface area contributed by atoms with Crippen molar-refractivity contribution in [3.63, 3.8) is 0 Å². The molecule has 2 rings (SSSR count). The smallest absolute Gasteiger partial charge is 0.310 e. The molecular weight excluding hydrogens is 238 g/mol. The highest BCUT2D eigenvalue weighted by Gasteiger charge is 2.34. The van der Waals surface area contributed by atoms with E-state index >= 15 is 0 Å². The Morgan fingerprint density at radius 2 is 2.11 bits per heavy atom. The standard InChI is InChI=1S/C16H23NO2/c1-3-19-16(18)14-10-7-11-15(14)17-12(2)13-8-5-4-6-9-13/h4-6,8-9,12,14-15,17H,3,7,10-11H2,1-2H3/t12-,14?,15-/m1/s1. The van der Waals surface area contributed by atoms with E-state index in [0.717, 1.165) is 19.3 Å². The summed E-state index contributed by atoms with van der Waals surface area (Å²) in [6, 6.07) is 10.9. The van der Waals surface area contributed by atoms with E-state index in [2.05, 4.69) is 24.4 Å². The van der Waals surface area contributed by atoms with E-state index < -0.39 is 0 Å². The van der Waals surface area contributed by atoms with Crippen molar-refractivity contribution in [2.75, 3.05) is 6.61 Å². The molecule has 3 nitrogen and oxygen atoms in total. The number of hydrogen-bond acceptors (Lipinski definition) is 3. The van der Waals surface area contributed by atoms with Crippen LogP contribution in [-0.2, 0) is 9.53 Å². The first-order valence-corrected chi connectivity index (χ1v) is 7.20. The van der Waals surface area contributed by atoms with Gasteiger partial charge >= 0.3 is 5.97 Å². The Balaban J connectivity index is 1.96. The monoisotopic (exact) mass is 261 g/mol. The van der Waals surface area contributed by atoms with Gasteiger partial charge in [0.15, 0.2) is 0 Å². The van der Waals surface area contributed by atoms with Crippen molar-refractivity contribution in [1.82, 2.24) is 5.32 Å². The fraction of sp³-hybridized carbons (Fsp3) is 0.562. The summed E-state index contributed by atoms with van der Waals surface area (Å²) >= 11 is 0. The maximum Gasteiger partial charge on any atom is 0.310 e. The minimum absolute atomic E-state index is 0.0195. The second-order valence-corrected chi connectivity index (χ2v) is 5.19. The Kier molecular flexibility index (Phi) is 4.97. The SMILES string of the molecule is CCOC(=O)C1CCC[C@H]1N[C@H](C)c1ccccc1. The summed E-state index contributed by atoms with van der Waals surface area (Å²) < 4.78 is 5.16. The molecule has 0 heterocycles. The van der Waals surface area contributed by atoms with Crippen LogP contribution >= 0.6 is 0 Å². The minimum atomic E-state index is -0.0437. The van der Waals surface area contributed by atoms with E-state index in [4.69, 9.17) is 4.74 Å². The molecular formula is C16H23NO2. The van der Waals surface area contributed by atoms with Crippen LogP contribution in [0, 0.1) is 5.92 Å². The number of nitrogens with one attached hydrogen (secondary N) is 1. The number of ether oxygens (including phenoxy) is 1. The summed E-state index contributed by atoms with van der Waals surface area (Å²) in [6.45, 7) is 4.48. The zero-order valence-corrected chi connectivity index (χ0v) is 11.8. The highest BCUT2D eigenvalue weighted by atomic mass is 16.5. The molecule has 0 spiro atoms. The van der Waals surface area contributed by atoms with Gasteiger partial charge in [0.05, 0.1) is 12.5 Å². The summed E-state index contributed by atoms with van der Waals surface area (Å²) in [7, 11) is 0. The zero-order valence-electron chi connectivity index (χ0n) is 11.8. The van der Waals surface area contributed by atoms with Crippen LogP contribution in [0.3, 0.4) is 0 Å². The average molecular weight is 261 g/mol. The summed E-state index contributed by atoms with van der Waals surface area (Å²) in [5.41, 5.74) is 1.26. The van der Waals surface area contributed by atoms with Gasteiger partial charge in [0.25, 0.3) is 0 Å². The molecule has 0 amide bonds. The van der Waals surface area contributed by atoms with E-state index in [0.29, 0.717) is 6.61 Å². The molecule has 1 N–H and O–H groups in total. The van der Waals surface area contributed by atoms with Gasteiger partial charge < -0.3 is 10.1 Å². The summed E-state index contributed by atoms with van der Waals surface area (Å²) in [5.74, 6) is -0.0242. The third kappa shape index (κ3) is 3.57. The van der Waals surface area contributed by atoms with Gasteiger partial charge in [0.2, 0.25) is 0 Å². The van der Waals surface area contributed by atoms with Gasteiger partial charge in [-0.3, -0.25) is 4.79 Å². The molecule has 3 heteroatoms. The number of benzene rings is 1. The molecule has 0 radical (unpaired) electrons. The molecule has 1 aromatic rings. The van der Waals surface area contributed by atoms with E-state index in [-0.39, 0.29) is 24.0 Å². The van der Waals surface area contributed by atoms with E-state index in [9.17, 15) is 4.79 Å². The summed E-state index contributed by atoms with van der Waals surface area (Å²) in [5, 5.41) is 3.58. The molecule has 1 aliphatic carbocycles. The van der Waals surface area contributed by atoms with Crippen LogP contribution in [0.5, 0.6) is 0 Å². The quantitative estimate of drug-likeness (QED) is 0.828. The number of hydrogen-bond donors (Lipinski definition) is 1. The highest BCUT2D eigenvalue weighted by molar-refractivity contribution is 5.73. The van der Waals surface area contributed by atoms with Crippen molar-refractivity contribution in [1.29, 1.82) is 0 Å². The first kappa shape index (κ1) is 14.1. The number of esters is 1. The van der Waals surface area contributed by atoms with Crippen molar-refractivity contribution in [2.45, 2.75) is 45.2 Å². The molecule has 19 heavy (non-hydrogen) atoms. The second-order valence-electron chi connectivity index (χ2n) is 5.19. The zero-order chi connectivity index (χ0) is 13.7. The third-order valence-electron chi connectivity index (χ3n) is 3.87. The molecule has 1 fully saturated rings. The maximum atomic E-state index is 11.9. The van der Waals surface area contributed by atoms with Crippen LogP contribution in [0.1, 0.15) is 44.7 Å². The van der Waals surface area contributed by atoms with Crippen molar-refractivity contribution in [3.8, 4) is 0 Å². The lowest BCUT2D eigenvalue weighted by atomic mass is 10.0. The Morgan fingerprint density at radius 1 is 1.37 bits per heavy atom. The van der Waals surface area contributed by atoms with Gasteiger partial charge in [0.1, 0.15) is 0 Å². The Labute approximate surface area is 115 Å². The third-order valence-corrected chi connectivity index (χ3v) is 3.87. The molecule has 1 unspecified atom stereocenters. The van der Waals surface area contributed by atoms with E-state index in [1.54, 1.807) is 0 Å². The molecule has 1 saturated carbocycles. The second kappa shape index (κ2) is 6.71. The molecule has 1 aliphatic rings. The van der Waals surface area contributed by atoms with Gasteiger partial charge in [-0.2, -0.15) is 0 Å². The van der Waals surface area contributed by atoms with Crippen molar-refractivity contribution >= 4 is 5.97 Å². The summed E-state index contributed by atoms with van der Waals surface area (Å²) in [6.07, 6.45) is 3.10. The van der Waals surface area contributed by atoms with Crippen LogP contribution in [-0.4, -0.2) is 18.6 Å². The van der Waals surface area contributed by atoms with Crippen LogP contribution in [0.25, 0.3) is 0 Å². The normalized spacial score (nSPS) is 24.1. The van der Waals surface area contributed by atoms with Crippen molar-refractivity contribution in [3.05, 3.63) is 35.9 Å². The highest BCUT2D eigenvalue weighted by Crippen LogP contribution is 2.29. The molecule has 0 bridgehead atoms. The first-order valence-electron chi connectivity index (χ1n) is 7.20. The molecule has 0 aliphatic heterocycles.